The number of carbonyl (C=O) groups excluding carboxylic acids is 2. The molecule has 0 bridgehead atoms. The highest BCUT2D eigenvalue weighted by atomic mass is 19.4. The second kappa shape index (κ2) is 4.08. The summed E-state index contributed by atoms with van der Waals surface area (Å²) in [4.78, 5) is 23.3. The maximum absolute atomic E-state index is 13.3. The molecule has 1 amide bonds. The first-order valence-corrected chi connectivity index (χ1v) is 4.98. The van der Waals surface area contributed by atoms with Crippen LogP contribution in [0.5, 0.6) is 0 Å². The number of rotatable bonds is 1. The van der Waals surface area contributed by atoms with Gasteiger partial charge < -0.3 is 4.90 Å². The van der Waals surface area contributed by atoms with Crippen LogP contribution in [0, 0.1) is 5.82 Å². The molecule has 0 spiro atoms. The topological polar surface area (TPSA) is 37.4 Å². The van der Waals surface area contributed by atoms with Crippen molar-refractivity contribution in [1.82, 2.24) is 0 Å². The van der Waals surface area contributed by atoms with Crippen LogP contribution < -0.4 is 4.90 Å². The molecule has 0 unspecified atom stereocenters. The van der Waals surface area contributed by atoms with Crippen LogP contribution in [-0.4, -0.2) is 18.2 Å². The van der Waals surface area contributed by atoms with Gasteiger partial charge in [-0.15, -0.1) is 0 Å². The highest BCUT2D eigenvalue weighted by molar-refractivity contribution is 6.15. The predicted molar refractivity (Wildman–Crippen MR) is 53.4 cm³/mol. The molecule has 0 aliphatic carbocycles. The lowest BCUT2D eigenvalue weighted by molar-refractivity contribution is -0.140. The maximum atomic E-state index is 13.3. The second-order valence-electron chi connectivity index (χ2n) is 3.86. The van der Waals surface area contributed by atoms with E-state index in [-0.39, 0.29) is 24.4 Å². The van der Waals surface area contributed by atoms with E-state index in [2.05, 4.69) is 0 Å². The van der Waals surface area contributed by atoms with Gasteiger partial charge in [0.2, 0.25) is 5.91 Å². The number of benzene rings is 1. The van der Waals surface area contributed by atoms with Crippen LogP contribution in [0.1, 0.15) is 12.0 Å². The van der Waals surface area contributed by atoms with Crippen LogP contribution >= 0.6 is 0 Å². The van der Waals surface area contributed by atoms with Crippen LogP contribution in [0.3, 0.4) is 0 Å². The van der Waals surface area contributed by atoms with Crippen molar-refractivity contribution in [2.24, 2.45) is 0 Å². The van der Waals surface area contributed by atoms with Crippen LogP contribution in [0.2, 0.25) is 0 Å². The summed E-state index contributed by atoms with van der Waals surface area (Å²) in [5.41, 5.74) is -1.44. The fourth-order valence-electron chi connectivity index (χ4n) is 1.72. The van der Waals surface area contributed by atoms with E-state index in [1.54, 1.807) is 0 Å². The summed E-state index contributed by atoms with van der Waals surface area (Å²) in [6, 6.07) is 2.14. The zero-order chi connectivity index (χ0) is 13.5. The van der Waals surface area contributed by atoms with E-state index in [0.717, 1.165) is 11.0 Å². The second-order valence-corrected chi connectivity index (χ2v) is 3.86. The molecule has 0 aromatic heterocycles. The molecule has 96 valence electrons. The standard InChI is InChI=1S/C11H7F4NO2/c12-9-3-6(1-2-8(9)11(13,14)15)16-5-7(17)4-10(16)18/h1-3H,4-5H2. The van der Waals surface area contributed by atoms with Crippen LogP contribution in [0.25, 0.3) is 0 Å². The Balaban J connectivity index is 2.35. The molecule has 1 aliphatic heterocycles. The van der Waals surface area contributed by atoms with E-state index >= 15 is 0 Å². The van der Waals surface area contributed by atoms with Gasteiger partial charge >= 0.3 is 6.18 Å². The average molecular weight is 261 g/mol. The minimum atomic E-state index is -4.78. The summed E-state index contributed by atoms with van der Waals surface area (Å²) < 4.78 is 50.2. The van der Waals surface area contributed by atoms with Gasteiger partial charge in [-0.3, -0.25) is 9.59 Å². The molecular formula is C11H7F4NO2. The molecule has 2 rings (SSSR count). The molecule has 1 heterocycles. The summed E-state index contributed by atoms with van der Waals surface area (Å²) in [7, 11) is 0. The monoisotopic (exact) mass is 261 g/mol. The molecule has 0 saturated carbocycles. The molecule has 0 radical (unpaired) electrons. The molecule has 1 aliphatic rings. The van der Waals surface area contributed by atoms with Gasteiger partial charge in [0.25, 0.3) is 0 Å². The van der Waals surface area contributed by atoms with Crippen molar-refractivity contribution in [3.8, 4) is 0 Å². The Labute approximate surface area is 99.0 Å². The van der Waals surface area contributed by atoms with Crippen molar-refractivity contribution in [3.05, 3.63) is 29.6 Å². The van der Waals surface area contributed by atoms with Gasteiger partial charge in [-0.25, -0.2) is 4.39 Å². The number of hydrogen-bond acceptors (Lipinski definition) is 2. The number of amides is 1. The Morgan fingerprint density at radius 3 is 2.28 bits per heavy atom. The van der Waals surface area contributed by atoms with Gasteiger partial charge in [0.05, 0.1) is 18.5 Å². The fourth-order valence-corrected chi connectivity index (χ4v) is 1.72. The van der Waals surface area contributed by atoms with Gasteiger partial charge in [0.1, 0.15) is 5.82 Å². The van der Waals surface area contributed by atoms with Crippen molar-refractivity contribution in [3.63, 3.8) is 0 Å². The minimum Gasteiger partial charge on any atom is -0.304 e. The van der Waals surface area contributed by atoms with Gasteiger partial charge in [-0.05, 0) is 18.2 Å². The average Bonchev–Trinajstić information content (AvgIpc) is 2.55. The van der Waals surface area contributed by atoms with Crippen LogP contribution in [0.15, 0.2) is 18.2 Å². The Morgan fingerprint density at radius 2 is 1.83 bits per heavy atom. The lowest BCUT2D eigenvalue weighted by Crippen LogP contribution is -2.25. The fraction of sp³-hybridized carbons (Fsp3) is 0.273. The Kier molecular flexibility index (Phi) is 2.84. The number of carbonyl (C=O) groups is 2. The van der Waals surface area contributed by atoms with E-state index in [1.165, 1.54) is 0 Å². The smallest absolute Gasteiger partial charge is 0.304 e. The van der Waals surface area contributed by atoms with Crippen molar-refractivity contribution >= 4 is 17.4 Å². The van der Waals surface area contributed by atoms with Crippen molar-refractivity contribution < 1.29 is 27.2 Å². The first-order valence-electron chi connectivity index (χ1n) is 4.98. The quantitative estimate of drug-likeness (QED) is 0.573. The molecule has 0 N–H and O–H groups in total. The lowest BCUT2D eigenvalue weighted by atomic mass is 10.1. The van der Waals surface area contributed by atoms with Crippen molar-refractivity contribution in [1.29, 1.82) is 0 Å². The first-order chi connectivity index (χ1) is 8.29. The number of Topliss-reactive ketones (excluding diaryl/α,β-unsaturated/α-hetero) is 1. The predicted octanol–water partition coefficient (Wildman–Crippen LogP) is 2.15. The molecular weight excluding hydrogens is 254 g/mol. The number of alkyl halides is 3. The van der Waals surface area contributed by atoms with Crippen LogP contribution in [0.4, 0.5) is 23.2 Å². The third-order valence-electron chi connectivity index (χ3n) is 2.55. The largest absolute Gasteiger partial charge is 0.419 e. The van der Waals surface area contributed by atoms with E-state index < -0.39 is 23.5 Å². The molecule has 7 heteroatoms. The van der Waals surface area contributed by atoms with Crippen molar-refractivity contribution in [2.45, 2.75) is 12.6 Å². The van der Waals surface area contributed by atoms with Crippen molar-refractivity contribution in [2.75, 3.05) is 11.4 Å². The Bertz CT molecular complexity index is 524. The SMILES string of the molecule is O=C1CC(=O)N(c2ccc(C(F)(F)F)c(F)c2)C1. The summed E-state index contributed by atoms with van der Waals surface area (Å²) >= 11 is 0. The maximum Gasteiger partial charge on any atom is 0.419 e. The highest BCUT2D eigenvalue weighted by Crippen LogP contribution is 2.33. The molecule has 0 atom stereocenters. The summed E-state index contributed by atoms with van der Waals surface area (Å²) in [5, 5.41) is 0. The third-order valence-corrected chi connectivity index (χ3v) is 2.55. The molecule has 18 heavy (non-hydrogen) atoms. The number of ketones is 1. The molecule has 1 aromatic rings. The number of hydrogen-bond donors (Lipinski definition) is 0. The zero-order valence-electron chi connectivity index (χ0n) is 8.92. The van der Waals surface area contributed by atoms with E-state index in [9.17, 15) is 27.2 Å². The van der Waals surface area contributed by atoms with Gasteiger partial charge in [0.15, 0.2) is 5.78 Å². The number of anilines is 1. The minimum absolute atomic E-state index is 0.0450. The highest BCUT2D eigenvalue weighted by Gasteiger charge is 2.35. The molecule has 1 fully saturated rings. The third kappa shape index (κ3) is 2.20. The molecule has 1 aromatic carbocycles. The normalized spacial score (nSPS) is 16.6. The van der Waals surface area contributed by atoms with E-state index in [1.807, 2.05) is 0 Å². The summed E-state index contributed by atoms with van der Waals surface area (Å²) in [6.45, 7) is -0.233. The lowest BCUT2D eigenvalue weighted by Gasteiger charge is -2.16. The zero-order valence-corrected chi connectivity index (χ0v) is 8.92. The van der Waals surface area contributed by atoms with Gasteiger partial charge in [-0.1, -0.05) is 0 Å². The Morgan fingerprint density at radius 1 is 1.17 bits per heavy atom. The van der Waals surface area contributed by atoms with Gasteiger partial charge in [0, 0.05) is 5.69 Å². The number of nitrogens with zero attached hydrogens (tertiary/aromatic N) is 1. The Hall–Kier alpha value is -1.92. The molecule has 3 nitrogen and oxygen atoms in total. The summed E-state index contributed by atoms with van der Waals surface area (Å²) in [5.74, 6) is -2.35. The first kappa shape index (κ1) is 12.5. The summed E-state index contributed by atoms with van der Waals surface area (Å²) in [6.07, 6.45) is -5.09. The van der Waals surface area contributed by atoms with Gasteiger partial charge in [-0.2, -0.15) is 13.2 Å². The van der Waals surface area contributed by atoms with E-state index in [4.69, 9.17) is 0 Å². The van der Waals surface area contributed by atoms with Crippen LogP contribution in [-0.2, 0) is 15.8 Å². The van der Waals surface area contributed by atoms with E-state index in [0.29, 0.717) is 12.1 Å². The molecule has 1 saturated heterocycles. The number of halogens is 4.